The first-order valence-corrected chi connectivity index (χ1v) is 6.57. The lowest BCUT2D eigenvalue weighted by atomic mass is 9.85. The van der Waals surface area contributed by atoms with Gasteiger partial charge in [-0.15, -0.1) is 0 Å². The number of anilines is 1. The normalized spacial score (nSPS) is 16.0. The van der Waals surface area contributed by atoms with Crippen LogP contribution in [0.15, 0.2) is 18.2 Å². The Morgan fingerprint density at radius 1 is 0.947 bits per heavy atom. The zero-order chi connectivity index (χ0) is 14.6. The van der Waals surface area contributed by atoms with E-state index in [1.165, 1.54) is 0 Å². The second kappa shape index (κ2) is 3.92. The van der Waals surface area contributed by atoms with E-state index < -0.39 is 11.7 Å². The summed E-state index contributed by atoms with van der Waals surface area (Å²) in [5.41, 5.74) is 1.92. The molecular formula is C16H21NO2. The van der Waals surface area contributed by atoms with Crippen molar-refractivity contribution in [3.05, 3.63) is 29.3 Å². The lowest BCUT2D eigenvalue weighted by Crippen LogP contribution is -2.44. The van der Waals surface area contributed by atoms with Gasteiger partial charge in [-0.2, -0.15) is 0 Å². The molecule has 3 heteroatoms. The molecule has 0 atom stereocenters. The van der Waals surface area contributed by atoms with Crippen LogP contribution in [0.25, 0.3) is 0 Å². The molecule has 0 bridgehead atoms. The molecule has 0 aromatic heterocycles. The summed E-state index contributed by atoms with van der Waals surface area (Å²) in [7, 11) is 0. The molecule has 1 aromatic carbocycles. The number of rotatable bonds is 0. The first kappa shape index (κ1) is 13.8. The Balaban J connectivity index is 2.60. The lowest BCUT2D eigenvalue weighted by Gasteiger charge is -2.32. The molecule has 1 aliphatic heterocycles. The van der Waals surface area contributed by atoms with Crippen LogP contribution in [0.2, 0.25) is 0 Å². The second-order valence-electron chi connectivity index (χ2n) is 7.12. The zero-order valence-corrected chi connectivity index (χ0v) is 12.5. The molecule has 0 saturated carbocycles. The van der Waals surface area contributed by atoms with Crippen molar-refractivity contribution in [2.45, 2.75) is 52.5 Å². The van der Waals surface area contributed by atoms with Crippen LogP contribution in [0.1, 0.15) is 57.5 Å². The largest absolute Gasteiger partial charge is 0.299 e. The van der Waals surface area contributed by atoms with Gasteiger partial charge >= 0.3 is 0 Å². The summed E-state index contributed by atoms with van der Waals surface area (Å²) >= 11 is 0. The predicted octanol–water partition coefficient (Wildman–Crippen LogP) is 3.31. The molecule has 1 amide bonds. The average Bonchev–Trinajstić information content (AvgIpc) is 2.49. The van der Waals surface area contributed by atoms with E-state index in [4.69, 9.17) is 0 Å². The Hall–Kier alpha value is -1.64. The van der Waals surface area contributed by atoms with Gasteiger partial charge in [-0.1, -0.05) is 26.8 Å². The fraction of sp³-hybridized carbons (Fsp3) is 0.500. The third kappa shape index (κ3) is 2.18. The van der Waals surface area contributed by atoms with Gasteiger partial charge in [0.15, 0.2) is 0 Å². The van der Waals surface area contributed by atoms with Crippen LogP contribution in [0.4, 0.5) is 5.69 Å². The van der Waals surface area contributed by atoms with E-state index in [9.17, 15) is 9.59 Å². The van der Waals surface area contributed by atoms with Crippen LogP contribution in [0, 0.1) is 0 Å². The van der Waals surface area contributed by atoms with Gasteiger partial charge in [0.2, 0.25) is 0 Å². The van der Waals surface area contributed by atoms with E-state index in [1.807, 2.05) is 39.0 Å². The lowest BCUT2D eigenvalue weighted by molar-refractivity contribution is -0.115. The molecule has 1 aliphatic rings. The van der Waals surface area contributed by atoms with Crippen molar-refractivity contribution in [3.8, 4) is 0 Å². The zero-order valence-electron chi connectivity index (χ0n) is 12.5. The number of carbonyl (C=O) groups excluding carboxylic acids is 2. The van der Waals surface area contributed by atoms with Crippen LogP contribution in [-0.2, 0) is 10.2 Å². The van der Waals surface area contributed by atoms with Crippen LogP contribution in [-0.4, -0.2) is 17.2 Å². The molecule has 0 spiro atoms. The van der Waals surface area contributed by atoms with Crippen molar-refractivity contribution < 1.29 is 9.59 Å². The SMILES string of the molecule is CC(C)(C)c1ccc2c(c1)C(=O)C(=O)N2C(C)(C)C. The number of nitrogens with zero attached hydrogens (tertiary/aromatic N) is 1. The summed E-state index contributed by atoms with van der Waals surface area (Å²) in [4.78, 5) is 25.9. The highest BCUT2D eigenvalue weighted by Gasteiger charge is 2.41. The standard InChI is InChI=1S/C16H21NO2/c1-15(2,3)10-7-8-12-11(9-10)13(18)14(19)17(12)16(4,5)6/h7-9H,1-6H3. The van der Waals surface area contributed by atoms with Gasteiger partial charge in [-0.25, -0.2) is 0 Å². The molecule has 2 rings (SSSR count). The third-order valence-corrected chi connectivity index (χ3v) is 3.42. The number of Topliss-reactive ketones (excluding diaryl/α,β-unsaturated/α-hetero) is 1. The first-order chi connectivity index (χ1) is 8.53. The summed E-state index contributed by atoms with van der Waals surface area (Å²) < 4.78 is 0. The molecule has 0 N–H and O–H groups in total. The van der Waals surface area contributed by atoms with Crippen molar-refractivity contribution in [2.24, 2.45) is 0 Å². The fourth-order valence-corrected chi connectivity index (χ4v) is 2.37. The van der Waals surface area contributed by atoms with Gasteiger partial charge in [0.25, 0.3) is 11.7 Å². The summed E-state index contributed by atoms with van der Waals surface area (Å²) in [5.74, 6) is -0.815. The van der Waals surface area contributed by atoms with Gasteiger partial charge in [-0.3, -0.25) is 14.5 Å². The maximum atomic E-state index is 12.1. The van der Waals surface area contributed by atoms with Gasteiger partial charge in [-0.05, 0) is 43.9 Å². The van der Waals surface area contributed by atoms with Crippen LogP contribution >= 0.6 is 0 Å². The van der Waals surface area contributed by atoms with Crippen LogP contribution in [0.5, 0.6) is 0 Å². The number of amides is 1. The molecule has 0 saturated heterocycles. The highest BCUT2D eigenvalue weighted by atomic mass is 16.2. The molecule has 0 unspecified atom stereocenters. The number of fused-ring (bicyclic) bond motifs is 1. The fourth-order valence-electron chi connectivity index (χ4n) is 2.37. The Labute approximate surface area is 114 Å². The van der Waals surface area contributed by atoms with E-state index >= 15 is 0 Å². The Morgan fingerprint density at radius 2 is 1.53 bits per heavy atom. The van der Waals surface area contributed by atoms with E-state index in [1.54, 1.807) is 4.90 Å². The van der Waals surface area contributed by atoms with Gasteiger partial charge in [0.05, 0.1) is 11.3 Å². The minimum absolute atomic E-state index is 0.0342. The van der Waals surface area contributed by atoms with Crippen molar-refractivity contribution >= 4 is 17.4 Å². The minimum Gasteiger partial charge on any atom is -0.299 e. The molecule has 0 fully saturated rings. The quantitative estimate of drug-likeness (QED) is 0.670. The molecule has 1 heterocycles. The maximum Gasteiger partial charge on any atom is 0.299 e. The highest BCUT2D eigenvalue weighted by Crippen LogP contribution is 2.37. The van der Waals surface area contributed by atoms with Crippen molar-refractivity contribution in [2.75, 3.05) is 4.90 Å². The molecule has 1 aromatic rings. The van der Waals surface area contributed by atoms with Gasteiger partial charge in [0, 0.05) is 5.54 Å². The monoisotopic (exact) mass is 259 g/mol. The van der Waals surface area contributed by atoms with Crippen molar-refractivity contribution in [3.63, 3.8) is 0 Å². The van der Waals surface area contributed by atoms with E-state index in [0.29, 0.717) is 5.56 Å². The number of benzene rings is 1. The molecule has 3 nitrogen and oxygen atoms in total. The van der Waals surface area contributed by atoms with Gasteiger partial charge in [0.1, 0.15) is 0 Å². The van der Waals surface area contributed by atoms with Crippen molar-refractivity contribution in [1.82, 2.24) is 0 Å². The van der Waals surface area contributed by atoms with Crippen molar-refractivity contribution in [1.29, 1.82) is 0 Å². The molecular weight excluding hydrogens is 238 g/mol. The molecule has 0 aliphatic carbocycles. The Kier molecular flexibility index (Phi) is 2.85. The number of ketones is 1. The molecule has 0 radical (unpaired) electrons. The summed E-state index contributed by atoms with van der Waals surface area (Å²) in [5, 5.41) is 0. The van der Waals surface area contributed by atoms with Gasteiger partial charge < -0.3 is 0 Å². The average molecular weight is 259 g/mol. The summed E-state index contributed by atoms with van der Waals surface area (Å²) in [6.45, 7) is 12.1. The van der Waals surface area contributed by atoms with Crippen LogP contribution in [0.3, 0.4) is 0 Å². The predicted molar refractivity (Wildman–Crippen MR) is 76.7 cm³/mol. The number of carbonyl (C=O) groups is 2. The second-order valence-corrected chi connectivity index (χ2v) is 7.12. The smallest absolute Gasteiger partial charge is 0.299 e. The van der Waals surface area contributed by atoms with E-state index in [0.717, 1.165) is 11.3 Å². The first-order valence-electron chi connectivity index (χ1n) is 6.57. The summed E-state index contributed by atoms with van der Waals surface area (Å²) in [6, 6.07) is 5.76. The topological polar surface area (TPSA) is 37.4 Å². The Morgan fingerprint density at radius 3 is 2.00 bits per heavy atom. The minimum atomic E-state index is -0.423. The molecule has 102 valence electrons. The van der Waals surface area contributed by atoms with E-state index in [2.05, 4.69) is 20.8 Å². The highest BCUT2D eigenvalue weighted by molar-refractivity contribution is 6.52. The maximum absolute atomic E-state index is 12.1. The van der Waals surface area contributed by atoms with Crippen LogP contribution < -0.4 is 4.90 Å². The summed E-state index contributed by atoms with van der Waals surface area (Å²) in [6.07, 6.45) is 0. The van der Waals surface area contributed by atoms with E-state index in [-0.39, 0.29) is 11.0 Å². The molecule has 19 heavy (non-hydrogen) atoms. The number of hydrogen-bond acceptors (Lipinski definition) is 2. The Bertz CT molecular complexity index is 559. The third-order valence-electron chi connectivity index (χ3n) is 3.42. The number of hydrogen-bond donors (Lipinski definition) is 0.